The average molecular weight is 346 g/mol. The second-order valence-corrected chi connectivity index (χ2v) is 5.69. The molecule has 1 N–H and O–H groups in total. The molecule has 8 heteroatoms. The van der Waals surface area contributed by atoms with Gasteiger partial charge < -0.3 is 5.32 Å². The van der Waals surface area contributed by atoms with Crippen LogP contribution in [0.3, 0.4) is 0 Å². The van der Waals surface area contributed by atoms with Crippen molar-refractivity contribution < 1.29 is 13.7 Å². The Bertz CT molecular complexity index is 893. The molecule has 0 radical (unpaired) electrons. The minimum Gasteiger partial charge on any atom is -0.384 e. The largest absolute Gasteiger partial charge is 0.384 e. The summed E-state index contributed by atoms with van der Waals surface area (Å²) in [6.07, 6.45) is 0. The van der Waals surface area contributed by atoms with Crippen LogP contribution in [0.25, 0.3) is 11.0 Å². The predicted molar refractivity (Wildman–Crippen MR) is 91.0 cm³/mol. The zero-order valence-electron chi connectivity index (χ0n) is 13.4. The van der Waals surface area contributed by atoms with Gasteiger partial charge in [0.15, 0.2) is 0 Å². The normalized spacial score (nSPS) is 12.5. The smallest absolute Gasteiger partial charge is 0.320 e. The van der Waals surface area contributed by atoms with E-state index in [0.29, 0.717) is 29.1 Å². The number of nitrogens with zero attached hydrogens (tertiary/aromatic N) is 3. The van der Waals surface area contributed by atoms with E-state index in [4.69, 9.17) is 0 Å². The summed E-state index contributed by atoms with van der Waals surface area (Å²) in [6.45, 7) is -0.504. The molecule has 1 unspecified atom stereocenters. The van der Waals surface area contributed by atoms with Crippen LogP contribution in [-0.2, 0) is 0 Å². The van der Waals surface area contributed by atoms with Gasteiger partial charge in [0.1, 0.15) is 5.82 Å². The number of hydrogen-bond donors (Lipinski definition) is 1. The fourth-order valence-electron chi connectivity index (χ4n) is 2.68. The molecule has 3 rings (SSSR count). The Balaban J connectivity index is 1.79. The number of nitrogens with one attached hydrogen (secondary N) is 1. The Morgan fingerprint density at radius 2 is 1.88 bits per heavy atom. The van der Waals surface area contributed by atoms with Gasteiger partial charge in [-0.15, -0.1) is 0 Å². The van der Waals surface area contributed by atoms with E-state index in [9.17, 15) is 18.9 Å². The molecule has 2 aromatic carbocycles. The van der Waals surface area contributed by atoms with Crippen molar-refractivity contribution in [1.82, 2.24) is 9.55 Å². The van der Waals surface area contributed by atoms with Gasteiger partial charge in [-0.25, -0.2) is 4.98 Å². The van der Waals surface area contributed by atoms with Crippen molar-refractivity contribution in [2.75, 3.05) is 11.9 Å². The van der Waals surface area contributed by atoms with Gasteiger partial charge in [-0.2, -0.15) is 8.78 Å². The number of rotatable bonds is 6. The van der Waals surface area contributed by atoms with Crippen LogP contribution in [0.5, 0.6) is 0 Å². The molecule has 25 heavy (non-hydrogen) atoms. The summed E-state index contributed by atoms with van der Waals surface area (Å²) in [5.41, 5.74) is 1.60. The average Bonchev–Trinajstić information content (AvgIpc) is 2.99. The number of alkyl halides is 2. The molecule has 1 atom stereocenters. The zero-order valence-corrected chi connectivity index (χ0v) is 13.4. The molecule has 130 valence electrons. The summed E-state index contributed by atoms with van der Waals surface area (Å²) in [6, 6.07) is 12.7. The standard InChI is InChI=1S/C17H16F2N4O2/c1-11(10-20-12-6-8-13(9-7-12)23(24)25)16-21-14-4-2-3-5-15(14)22(16)17(18)19/h2-9,11,17,20H,10H2,1H3. The van der Waals surface area contributed by atoms with Gasteiger partial charge in [0, 0.05) is 30.3 Å². The highest BCUT2D eigenvalue weighted by Crippen LogP contribution is 2.28. The van der Waals surface area contributed by atoms with E-state index < -0.39 is 11.5 Å². The van der Waals surface area contributed by atoms with Crippen molar-refractivity contribution >= 4 is 22.4 Å². The van der Waals surface area contributed by atoms with Gasteiger partial charge in [-0.1, -0.05) is 19.1 Å². The molecule has 0 bridgehead atoms. The van der Waals surface area contributed by atoms with Crippen molar-refractivity contribution in [1.29, 1.82) is 0 Å². The van der Waals surface area contributed by atoms with Crippen LogP contribution in [0.1, 0.15) is 25.2 Å². The SMILES string of the molecule is CC(CNc1ccc([N+](=O)[O-])cc1)c1nc2ccccc2n1C(F)F. The molecule has 0 amide bonds. The number of fused-ring (bicyclic) bond motifs is 1. The predicted octanol–water partition coefficient (Wildman–Crippen LogP) is 4.56. The van der Waals surface area contributed by atoms with Gasteiger partial charge in [0.25, 0.3) is 5.69 Å². The topological polar surface area (TPSA) is 73.0 Å². The lowest BCUT2D eigenvalue weighted by atomic mass is 10.1. The number of hydrogen-bond acceptors (Lipinski definition) is 4. The molecule has 0 aliphatic rings. The number of anilines is 1. The molecular weight excluding hydrogens is 330 g/mol. The van der Waals surface area contributed by atoms with Crippen LogP contribution < -0.4 is 5.32 Å². The van der Waals surface area contributed by atoms with E-state index in [0.717, 1.165) is 4.57 Å². The quantitative estimate of drug-likeness (QED) is 0.525. The van der Waals surface area contributed by atoms with Crippen molar-refractivity contribution in [2.45, 2.75) is 19.4 Å². The first-order valence-electron chi connectivity index (χ1n) is 7.70. The van der Waals surface area contributed by atoms with Gasteiger partial charge in [0.2, 0.25) is 0 Å². The summed E-state index contributed by atoms with van der Waals surface area (Å²) in [4.78, 5) is 14.5. The molecule has 3 aromatic rings. The number of nitro benzene ring substituents is 1. The maximum absolute atomic E-state index is 13.5. The number of imidazole rings is 1. The minimum atomic E-state index is -2.68. The monoisotopic (exact) mass is 346 g/mol. The van der Waals surface area contributed by atoms with Crippen molar-refractivity contribution in [3.63, 3.8) is 0 Å². The molecule has 1 aromatic heterocycles. The number of non-ortho nitro benzene ring substituents is 1. The Morgan fingerprint density at radius 3 is 2.52 bits per heavy atom. The summed E-state index contributed by atoms with van der Waals surface area (Å²) in [5, 5.41) is 13.8. The second kappa shape index (κ2) is 6.84. The highest BCUT2D eigenvalue weighted by Gasteiger charge is 2.21. The fraction of sp³-hybridized carbons (Fsp3) is 0.235. The van der Waals surface area contributed by atoms with E-state index in [-0.39, 0.29) is 11.6 Å². The third kappa shape index (κ3) is 3.42. The van der Waals surface area contributed by atoms with Crippen molar-refractivity contribution in [2.24, 2.45) is 0 Å². The summed E-state index contributed by atoms with van der Waals surface area (Å²) in [5.74, 6) is 0.0159. The lowest BCUT2D eigenvalue weighted by molar-refractivity contribution is -0.384. The highest BCUT2D eigenvalue weighted by molar-refractivity contribution is 5.76. The van der Waals surface area contributed by atoms with E-state index >= 15 is 0 Å². The molecule has 1 heterocycles. The van der Waals surface area contributed by atoms with Gasteiger partial charge in [-0.3, -0.25) is 14.7 Å². The molecular formula is C17H16F2N4O2. The van der Waals surface area contributed by atoms with Crippen LogP contribution in [0.2, 0.25) is 0 Å². The zero-order chi connectivity index (χ0) is 18.0. The van der Waals surface area contributed by atoms with Crippen LogP contribution in [-0.4, -0.2) is 21.0 Å². The summed E-state index contributed by atoms with van der Waals surface area (Å²) in [7, 11) is 0. The first-order chi connectivity index (χ1) is 12.0. The number of benzene rings is 2. The number of para-hydroxylation sites is 2. The molecule has 0 fully saturated rings. The van der Waals surface area contributed by atoms with E-state index in [2.05, 4.69) is 10.3 Å². The lowest BCUT2D eigenvalue weighted by Crippen LogP contribution is -2.15. The van der Waals surface area contributed by atoms with Crippen LogP contribution in [0.15, 0.2) is 48.5 Å². The van der Waals surface area contributed by atoms with Gasteiger partial charge in [-0.05, 0) is 24.3 Å². The highest BCUT2D eigenvalue weighted by atomic mass is 19.3. The Labute approximate surface area is 142 Å². The van der Waals surface area contributed by atoms with Crippen LogP contribution in [0.4, 0.5) is 20.2 Å². The Morgan fingerprint density at radius 1 is 1.20 bits per heavy atom. The number of nitro groups is 1. The molecule has 0 spiro atoms. The number of halogens is 2. The minimum absolute atomic E-state index is 0.00177. The Kier molecular flexibility index (Phi) is 4.60. The fourth-order valence-corrected chi connectivity index (χ4v) is 2.68. The van der Waals surface area contributed by atoms with Gasteiger partial charge in [0.05, 0.1) is 16.0 Å². The third-order valence-electron chi connectivity index (χ3n) is 3.95. The van der Waals surface area contributed by atoms with Crippen LogP contribution in [0, 0.1) is 10.1 Å². The summed E-state index contributed by atoms with van der Waals surface area (Å²) >= 11 is 0. The van der Waals surface area contributed by atoms with Gasteiger partial charge >= 0.3 is 6.55 Å². The Hall–Kier alpha value is -3.03. The second-order valence-electron chi connectivity index (χ2n) is 5.69. The van der Waals surface area contributed by atoms with E-state index in [1.165, 1.54) is 12.1 Å². The first kappa shape index (κ1) is 16.8. The van der Waals surface area contributed by atoms with E-state index in [1.54, 1.807) is 43.3 Å². The lowest BCUT2D eigenvalue weighted by Gasteiger charge is -2.15. The molecule has 0 aliphatic heterocycles. The molecule has 0 saturated heterocycles. The third-order valence-corrected chi connectivity index (χ3v) is 3.95. The van der Waals surface area contributed by atoms with Crippen molar-refractivity contribution in [3.05, 3.63) is 64.5 Å². The maximum atomic E-state index is 13.5. The molecule has 0 aliphatic carbocycles. The van der Waals surface area contributed by atoms with E-state index in [1.807, 2.05) is 0 Å². The maximum Gasteiger partial charge on any atom is 0.320 e. The molecule has 0 saturated carbocycles. The summed E-state index contributed by atoms with van der Waals surface area (Å²) < 4.78 is 27.9. The number of aromatic nitrogens is 2. The first-order valence-corrected chi connectivity index (χ1v) is 7.70. The van der Waals surface area contributed by atoms with Crippen molar-refractivity contribution in [3.8, 4) is 0 Å². The molecule has 6 nitrogen and oxygen atoms in total. The van der Waals surface area contributed by atoms with Crippen LogP contribution >= 0.6 is 0 Å².